The first-order chi connectivity index (χ1) is 28.6. The van der Waals surface area contributed by atoms with Gasteiger partial charge in [-0.05, 0) is 96.3 Å². The summed E-state index contributed by atoms with van der Waals surface area (Å²) in [5.74, 6) is -0.370. The maximum Gasteiger partial charge on any atom is 0.306 e. The van der Waals surface area contributed by atoms with E-state index in [9.17, 15) is 14.3 Å². The number of quaternary nitrogens is 1. The Morgan fingerprint density at radius 3 is 1.39 bits per heavy atom. The normalized spacial score (nSPS) is 14.7. The van der Waals surface area contributed by atoms with Crippen molar-refractivity contribution in [3.63, 3.8) is 0 Å². The van der Waals surface area contributed by atoms with Gasteiger partial charge in [-0.15, -0.1) is 0 Å². The molecule has 0 heterocycles. The molecule has 0 saturated heterocycles. The van der Waals surface area contributed by atoms with Gasteiger partial charge >= 0.3 is 5.97 Å². The van der Waals surface area contributed by atoms with Crippen molar-refractivity contribution >= 4 is 13.8 Å². The molecule has 0 aliphatic heterocycles. The molecule has 0 aromatic rings. The summed E-state index contributed by atoms with van der Waals surface area (Å²) in [5.41, 5.74) is 0. The Hall–Kier alpha value is -2.84. The lowest BCUT2D eigenvalue weighted by atomic mass is 10.1. The first kappa shape index (κ1) is 56.2. The Morgan fingerprint density at radius 1 is 0.525 bits per heavy atom. The van der Waals surface area contributed by atoms with Crippen LogP contribution < -0.4 is 4.89 Å². The third-order valence-corrected chi connectivity index (χ3v) is 9.78. The molecule has 0 fully saturated rings. The number of allylic oxidation sites excluding steroid dienone is 18. The van der Waals surface area contributed by atoms with Crippen LogP contribution in [-0.4, -0.2) is 70.7 Å². The van der Waals surface area contributed by atoms with Crippen LogP contribution in [0.1, 0.15) is 142 Å². The van der Waals surface area contributed by atoms with E-state index in [-0.39, 0.29) is 32.2 Å². The summed E-state index contributed by atoms with van der Waals surface area (Å²) in [5, 5.41) is 0. The summed E-state index contributed by atoms with van der Waals surface area (Å²) in [6.45, 7) is 5.04. The Bertz CT molecular complexity index is 1300. The number of likely N-dealkylation sites (N-methyl/N-ethyl adjacent to an activating group) is 1. The first-order valence-electron chi connectivity index (χ1n) is 22.6. The molecule has 0 saturated carbocycles. The number of esters is 1. The van der Waals surface area contributed by atoms with E-state index in [1.165, 1.54) is 0 Å². The van der Waals surface area contributed by atoms with Gasteiger partial charge in [0.1, 0.15) is 19.3 Å². The molecule has 0 spiro atoms. The van der Waals surface area contributed by atoms with Crippen LogP contribution >= 0.6 is 7.82 Å². The van der Waals surface area contributed by atoms with Crippen molar-refractivity contribution in [2.45, 2.75) is 148 Å². The van der Waals surface area contributed by atoms with Crippen molar-refractivity contribution < 1.29 is 37.3 Å². The number of carbonyl (C=O) groups excluding carboxylic acids is 1. The largest absolute Gasteiger partial charge is 0.756 e. The predicted octanol–water partition coefficient (Wildman–Crippen LogP) is 13.0. The molecule has 0 aromatic heterocycles. The van der Waals surface area contributed by atoms with E-state index < -0.39 is 13.9 Å². The summed E-state index contributed by atoms with van der Waals surface area (Å²) in [7, 11) is 1.30. The zero-order valence-electron chi connectivity index (χ0n) is 37.9. The summed E-state index contributed by atoms with van der Waals surface area (Å²) in [6, 6.07) is 0. The summed E-state index contributed by atoms with van der Waals surface area (Å²) in [4.78, 5) is 25.1. The molecule has 0 N–H and O–H groups in total. The Kier molecular flexibility index (Phi) is 39.9. The van der Waals surface area contributed by atoms with Gasteiger partial charge in [0.2, 0.25) is 0 Å². The summed E-state index contributed by atoms with van der Waals surface area (Å²) in [6.07, 6.45) is 58.2. The average Bonchev–Trinajstić information content (AvgIpc) is 3.19. The maximum absolute atomic E-state index is 12.7. The highest BCUT2D eigenvalue weighted by Crippen LogP contribution is 2.38. The SMILES string of the molecule is CC/C=C\C/C=C\C/C=C\C/C=C\C/C=C\CCCCCCCC(=O)OC(COCCCCC/C=C\C/C=C\C/C=C\C/C=C\CC)COP(=O)([O-])OCC[N+](C)(C)C. The molecule has 9 heteroatoms. The van der Waals surface area contributed by atoms with Gasteiger partial charge in [-0.3, -0.25) is 9.36 Å². The van der Waals surface area contributed by atoms with Gasteiger partial charge in [-0.2, -0.15) is 0 Å². The van der Waals surface area contributed by atoms with Crippen molar-refractivity contribution in [3.05, 3.63) is 109 Å². The number of unbranched alkanes of at least 4 members (excludes halogenated alkanes) is 8. The molecule has 0 aromatic carbocycles. The Morgan fingerprint density at radius 2 is 0.932 bits per heavy atom. The molecule has 8 nitrogen and oxygen atoms in total. The topological polar surface area (TPSA) is 94.1 Å². The van der Waals surface area contributed by atoms with Gasteiger partial charge in [0.15, 0.2) is 0 Å². The second kappa shape index (κ2) is 41.9. The number of nitrogens with zero attached hydrogens (tertiary/aromatic N) is 1. The number of phosphoric acid groups is 1. The lowest BCUT2D eigenvalue weighted by molar-refractivity contribution is -0.870. The van der Waals surface area contributed by atoms with Gasteiger partial charge in [-0.1, -0.05) is 149 Å². The van der Waals surface area contributed by atoms with E-state index in [0.29, 0.717) is 17.6 Å². The molecule has 0 amide bonds. The van der Waals surface area contributed by atoms with Crippen molar-refractivity contribution in [3.8, 4) is 0 Å². The standard InChI is InChI=1S/C50H84NO7P/c1-6-8-10-12-14-16-18-20-22-24-25-26-27-28-29-31-33-35-37-39-41-43-50(52)58-49(48-57-59(53,54)56-46-44-51(3,4)5)47-55-45-42-40-38-36-34-32-30-23-21-19-17-15-13-11-9-7-2/h8-11,14-17,20-23,25-26,28-29,32,34,49H,6-7,12-13,18-19,24,27,30-31,33,35-48H2,1-5H3/b10-8-,11-9-,16-14-,17-15-,22-20-,23-21-,26-25-,29-28-,34-32-. The second-order valence-corrected chi connectivity index (χ2v) is 17.1. The highest BCUT2D eigenvalue weighted by molar-refractivity contribution is 7.45. The van der Waals surface area contributed by atoms with Crippen LogP contribution in [0.2, 0.25) is 0 Å². The first-order valence-corrected chi connectivity index (χ1v) is 24.1. The summed E-state index contributed by atoms with van der Waals surface area (Å²) < 4.78 is 34.6. The maximum atomic E-state index is 12.7. The van der Waals surface area contributed by atoms with Crippen LogP contribution in [-0.2, 0) is 27.9 Å². The molecular formula is C50H84NO7P. The smallest absolute Gasteiger partial charge is 0.306 e. The van der Waals surface area contributed by atoms with E-state index in [2.05, 4.69) is 123 Å². The van der Waals surface area contributed by atoms with Crippen LogP contribution in [0.15, 0.2) is 109 Å². The fraction of sp³-hybridized carbons (Fsp3) is 0.620. The van der Waals surface area contributed by atoms with Crippen LogP contribution in [0.4, 0.5) is 0 Å². The van der Waals surface area contributed by atoms with Gasteiger partial charge in [0.25, 0.3) is 7.82 Å². The summed E-state index contributed by atoms with van der Waals surface area (Å²) >= 11 is 0. The number of ether oxygens (including phenoxy) is 2. The molecule has 0 aliphatic carbocycles. The molecule has 0 radical (unpaired) electrons. The van der Waals surface area contributed by atoms with Crippen LogP contribution in [0.5, 0.6) is 0 Å². The number of hydrogen-bond acceptors (Lipinski definition) is 7. The third kappa shape index (κ3) is 46.1. The molecule has 0 bridgehead atoms. The van der Waals surface area contributed by atoms with Crippen LogP contribution in [0.3, 0.4) is 0 Å². The van der Waals surface area contributed by atoms with Crippen molar-refractivity contribution in [1.29, 1.82) is 0 Å². The van der Waals surface area contributed by atoms with Crippen LogP contribution in [0.25, 0.3) is 0 Å². The average molecular weight is 842 g/mol. The fourth-order valence-electron chi connectivity index (χ4n) is 5.39. The van der Waals surface area contributed by atoms with Crippen LogP contribution in [0, 0.1) is 0 Å². The number of phosphoric ester groups is 1. The minimum absolute atomic E-state index is 0.00840. The van der Waals surface area contributed by atoms with Gasteiger partial charge in [0.05, 0.1) is 34.4 Å². The lowest BCUT2D eigenvalue weighted by Gasteiger charge is -2.28. The molecule has 0 aliphatic rings. The molecule has 59 heavy (non-hydrogen) atoms. The zero-order valence-corrected chi connectivity index (χ0v) is 38.8. The lowest BCUT2D eigenvalue weighted by Crippen LogP contribution is -2.37. The van der Waals surface area contributed by atoms with E-state index in [1.807, 2.05) is 21.1 Å². The number of carbonyl (C=O) groups is 1. The van der Waals surface area contributed by atoms with Gasteiger partial charge in [-0.25, -0.2) is 0 Å². The predicted molar refractivity (Wildman–Crippen MR) is 249 cm³/mol. The van der Waals surface area contributed by atoms with E-state index in [1.54, 1.807) is 0 Å². The highest BCUT2D eigenvalue weighted by atomic mass is 31.2. The number of rotatable bonds is 40. The van der Waals surface area contributed by atoms with Crippen molar-refractivity contribution in [1.82, 2.24) is 0 Å². The van der Waals surface area contributed by atoms with E-state index in [4.69, 9.17) is 18.5 Å². The zero-order chi connectivity index (χ0) is 43.4. The minimum Gasteiger partial charge on any atom is -0.756 e. The molecule has 0 rings (SSSR count). The van der Waals surface area contributed by atoms with E-state index >= 15 is 0 Å². The minimum atomic E-state index is -4.55. The molecule has 2 atom stereocenters. The molecular weight excluding hydrogens is 758 g/mol. The highest BCUT2D eigenvalue weighted by Gasteiger charge is 2.20. The van der Waals surface area contributed by atoms with E-state index in [0.717, 1.165) is 122 Å². The monoisotopic (exact) mass is 842 g/mol. The molecule has 2 unspecified atom stereocenters. The Labute approximate surface area is 361 Å². The molecule has 336 valence electrons. The quantitative estimate of drug-likeness (QED) is 0.0199. The van der Waals surface area contributed by atoms with Crippen molar-refractivity contribution in [2.24, 2.45) is 0 Å². The Balaban J connectivity index is 4.35. The van der Waals surface area contributed by atoms with Crippen molar-refractivity contribution in [2.75, 3.05) is 54.1 Å². The number of hydrogen-bond donors (Lipinski definition) is 0. The van der Waals surface area contributed by atoms with Gasteiger partial charge < -0.3 is 27.9 Å². The fourth-order valence-corrected chi connectivity index (χ4v) is 6.11. The third-order valence-electron chi connectivity index (χ3n) is 8.82. The van der Waals surface area contributed by atoms with Gasteiger partial charge in [0, 0.05) is 13.0 Å². The second-order valence-electron chi connectivity index (χ2n) is 15.6.